The number of aliphatic hydroxyl groups is 1. The summed E-state index contributed by atoms with van der Waals surface area (Å²) < 4.78 is 4.56. The number of thioether (sulfide) groups is 1. The summed E-state index contributed by atoms with van der Waals surface area (Å²) in [5.41, 5.74) is 0.776. The monoisotopic (exact) mass is 508 g/mol. The van der Waals surface area contributed by atoms with Crippen LogP contribution in [0.25, 0.3) is 0 Å². The van der Waals surface area contributed by atoms with Crippen molar-refractivity contribution in [2.75, 3.05) is 19.8 Å². The fourth-order valence-electron chi connectivity index (χ4n) is 7.01. The molecule has 7 nitrogen and oxygen atoms in total. The van der Waals surface area contributed by atoms with E-state index in [4.69, 9.17) is 4.74 Å². The maximum atomic E-state index is 14.5. The third kappa shape index (κ3) is 3.56. The van der Waals surface area contributed by atoms with Crippen LogP contribution in [0.2, 0.25) is 0 Å². The van der Waals surface area contributed by atoms with E-state index in [-0.39, 0.29) is 42.3 Å². The number of likely N-dealkylation sites (tertiary alicyclic amines) is 1. The fraction of sp³-hybridized carbons (Fsp3) is 0.536. The van der Waals surface area contributed by atoms with E-state index in [1.165, 1.54) is 6.42 Å². The van der Waals surface area contributed by atoms with Crippen molar-refractivity contribution in [3.63, 3.8) is 0 Å². The number of nitrogens with zero attached hydrogens (tertiary/aromatic N) is 2. The number of carbonyl (C=O) groups is 3. The lowest BCUT2D eigenvalue weighted by atomic mass is 9.78. The molecule has 3 fully saturated rings. The van der Waals surface area contributed by atoms with Gasteiger partial charge in [0.05, 0.1) is 29.2 Å². The Hall–Kier alpha value is -2.58. The van der Waals surface area contributed by atoms with Crippen molar-refractivity contribution in [3.05, 3.63) is 60.2 Å². The third-order valence-electron chi connectivity index (χ3n) is 8.59. The van der Waals surface area contributed by atoms with Crippen molar-refractivity contribution < 1.29 is 24.2 Å². The van der Waals surface area contributed by atoms with Crippen molar-refractivity contribution in [1.82, 2.24) is 9.80 Å². The number of ether oxygens (including phenoxy) is 1. The number of cyclic esters (lactones) is 1. The summed E-state index contributed by atoms with van der Waals surface area (Å²) in [6, 6.07) is 8.06. The van der Waals surface area contributed by atoms with Gasteiger partial charge < -0.3 is 19.6 Å². The fourth-order valence-corrected chi connectivity index (χ4v) is 9.00. The van der Waals surface area contributed by atoms with Gasteiger partial charge in [-0.25, -0.2) is 0 Å². The van der Waals surface area contributed by atoms with Crippen LogP contribution in [-0.2, 0) is 19.1 Å². The van der Waals surface area contributed by atoms with E-state index in [1.807, 2.05) is 59.5 Å². The van der Waals surface area contributed by atoms with E-state index in [2.05, 4.69) is 0 Å². The number of rotatable bonds is 4. The molecular weight excluding hydrogens is 476 g/mol. The van der Waals surface area contributed by atoms with Crippen LogP contribution < -0.4 is 0 Å². The Morgan fingerprint density at radius 3 is 2.58 bits per heavy atom. The molecular formula is C28H32N2O5S. The van der Waals surface area contributed by atoms with Crippen LogP contribution in [0, 0.1) is 11.8 Å². The van der Waals surface area contributed by atoms with Crippen LogP contribution in [0.3, 0.4) is 0 Å². The van der Waals surface area contributed by atoms with Crippen molar-refractivity contribution in [1.29, 1.82) is 0 Å². The number of hydrogen-bond acceptors (Lipinski definition) is 6. The average Bonchev–Trinajstić information content (AvgIpc) is 3.20. The molecule has 5 aliphatic rings. The minimum Gasteiger partial charge on any atom is -0.461 e. The Morgan fingerprint density at radius 1 is 1.06 bits per heavy atom. The quantitative estimate of drug-likeness (QED) is 0.497. The van der Waals surface area contributed by atoms with E-state index in [1.54, 1.807) is 16.7 Å². The molecule has 0 aromatic heterocycles. The number of benzene rings is 1. The lowest BCUT2D eigenvalue weighted by molar-refractivity contribution is -0.152. The summed E-state index contributed by atoms with van der Waals surface area (Å²) in [6.45, 7) is 0.390. The molecule has 0 bridgehead atoms. The summed E-state index contributed by atoms with van der Waals surface area (Å²) in [6.07, 6.45) is 13.2. The SMILES string of the molecule is O=C1OCC=C[C@H]2S[C@]34C=CCN(C5CCCCC5)C(=O)C3N([C@H](CO)c3ccccc3)C(=O)[C@@H]4[C@@H]12. The summed E-state index contributed by atoms with van der Waals surface area (Å²) >= 11 is 1.54. The molecule has 4 heterocycles. The van der Waals surface area contributed by atoms with Gasteiger partial charge in [0.25, 0.3) is 0 Å². The minimum absolute atomic E-state index is 0.0709. The van der Waals surface area contributed by atoms with E-state index in [0.29, 0.717) is 6.54 Å². The number of hydrogen-bond donors (Lipinski definition) is 1. The molecule has 1 unspecified atom stereocenters. The lowest BCUT2D eigenvalue weighted by Crippen LogP contribution is -2.56. The summed E-state index contributed by atoms with van der Waals surface area (Å²) in [7, 11) is 0. The van der Waals surface area contributed by atoms with Crippen molar-refractivity contribution >= 4 is 29.5 Å². The Kier molecular flexibility index (Phi) is 6.20. The van der Waals surface area contributed by atoms with Gasteiger partial charge in [-0.2, -0.15) is 0 Å². The molecule has 1 aromatic rings. The highest BCUT2D eigenvalue weighted by molar-refractivity contribution is 8.02. The van der Waals surface area contributed by atoms with Crippen molar-refractivity contribution in [3.8, 4) is 0 Å². The zero-order valence-corrected chi connectivity index (χ0v) is 21.0. The smallest absolute Gasteiger partial charge is 0.311 e. The summed E-state index contributed by atoms with van der Waals surface area (Å²) in [5.74, 6) is -2.10. The van der Waals surface area contributed by atoms with Gasteiger partial charge in [0.2, 0.25) is 11.8 Å². The first-order chi connectivity index (χ1) is 17.6. The van der Waals surface area contributed by atoms with Crippen LogP contribution >= 0.6 is 11.8 Å². The predicted octanol–water partition coefficient (Wildman–Crippen LogP) is 2.86. The van der Waals surface area contributed by atoms with Crippen LogP contribution in [-0.4, -0.2) is 74.5 Å². The zero-order valence-electron chi connectivity index (χ0n) is 20.2. The topological polar surface area (TPSA) is 87.2 Å². The Balaban J connectivity index is 1.48. The first kappa shape index (κ1) is 23.8. The number of amides is 2. The first-order valence-corrected chi connectivity index (χ1v) is 13.9. The highest BCUT2D eigenvalue weighted by Gasteiger charge is 2.72. The second kappa shape index (κ2) is 9.38. The van der Waals surface area contributed by atoms with Gasteiger partial charge >= 0.3 is 5.97 Å². The van der Waals surface area contributed by atoms with Gasteiger partial charge in [0.15, 0.2) is 0 Å². The molecule has 1 spiro atoms. The molecule has 4 aliphatic heterocycles. The number of aliphatic hydroxyl groups excluding tert-OH is 1. The molecule has 6 atom stereocenters. The molecule has 2 saturated heterocycles. The molecule has 0 radical (unpaired) electrons. The standard InChI is InChI=1S/C28H32N2O5S/c31-17-20(18-9-3-1-4-10-18)30-24-26(33)29(19-11-5-2-6-12-19)15-8-14-28(24)23(25(30)32)22-21(36-28)13-7-16-35-27(22)34/h1,3-4,7-10,13-14,19-24,31H,2,5-6,11-12,15-17H2/t20-,21-,22+,23+,24?,28+/m1/s1. The largest absolute Gasteiger partial charge is 0.461 e. The zero-order chi connectivity index (χ0) is 24.9. The third-order valence-corrected chi connectivity index (χ3v) is 10.3. The molecule has 36 heavy (non-hydrogen) atoms. The molecule has 1 aliphatic carbocycles. The van der Waals surface area contributed by atoms with Gasteiger partial charge in [-0.15, -0.1) is 11.8 Å². The average molecular weight is 509 g/mol. The first-order valence-electron chi connectivity index (χ1n) is 13.0. The predicted molar refractivity (Wildman–Crippen MR) is 136 cm³/mol. The Morgan fingerprint density at radius 2 is 1.83 bits per heavy atom. The van der Waals surface area contributed by atoms with Crippen LogP contribution in [0.5, 0.6) is 0 Å². The van der Waals surface area contributed by atoms with Crippen molar-refractivity contribution in [2.24, 2.45) is 11.8 Å². The van der Waals surface area contributed by atoms with E-state index in [9.17, 15) is 19.5 Å². The minimum atomic E-state index is -0.893. The van der Waals surface area contributed by atoms with Gasteiger partial charge in [-0.05, 0) is 18.4 Å². The van der Waals surface area contributed by atoms with E-state index in [0.717, 1.165) is 31.2 Å². The maximum Gasteiger partial charge on any atom is 0.311 e. The molecule has 190 valence electrons. The molecule has 1 saturated carbocycles. The van der Waals surface area contributed by atoms with Gasteiger partial charge in [-0.3, -0.25) is 14.4 Å². The molecule has 1 aromatic carbocycles. The number of carbonyl (C=O) groups excluding carboxylic acids is 3. The molecule has 6 rings (SSSR count). The summed E-state index contributed by atoms with van der Waals surface area (Å²) in [5, 5.41) is 10.3. The van der Waals surface area contributed by atoms with Crippen molar-refractivity contribution in [2.45, 2.75) is 60.2 Å². The lowest BCUT2D eigenvalue weighted by Gasteiger charge is -2.41. The van der Waals surface area contributed by atoms with Gasteiger partial charge in [0.1, 0.15) is 12.6 Å². The molecule has 1 N–H and O–H groups in total. The highest BCUT2D eigenvalue weighted by Crippen LogP contribution is 2.62. The second-order valence-electron chi connectivity index (χ2n) is 10.4. The van der Waals surface area contributed by atoms with Crippen LogP contribution in [0.1, 0.15) is 43.7 Å². The maximum absolute atomic E-state index is 14.5. The van der Waals surface area contributed by atoms with Crippen LogP contribution in [0.15, 0.2) is 54.6 Å². The van der Waals surface area contributed by atoms with Gasteiger partial charge in [0, 0.05) is 17.8 Å². The Labute approximate surface area is 215 Å². The molecule has 2 amide bonds. The normalized spacial score (nSPS) is 35.1. The second-order valence-corrected chi connectivity index (χ2v) is 11.9. The highest BCUT2D eigenvalue weighted by atomic mass is 32.2. The van der Waals surface area contributed by atoms with E-state index >= 15 is 0 Å². The number of esters is 1. The molecule has 8 heteroatoms. The van der Waals surface area contributed by atoms with Crippen LogP contribution in [0.4, 0.5) is 0 Å². The van der Waals surface area contributed by atoms with E-state index < -0.39 is 28.7 Å². The summed E-state index contributed by atoms with van der Waals surface area (Å²) in [4.78, 5) is 45.5. The van der Waals surface area contributed by atoms with Gasteiger partial charge in [-0.1, -0.05) is 73.9 Å². The Bertz CT molecular complexity index is 1100. The number of fused-ring (bicyclic) bond motifs is 2.